The lowest BCUT2D eigenvalue weighted by Crippen LogP contribution is -2.51. The van der Waals surface area contributed by atoms with Crippen LogP contribution in [0.4, 0.5) is 0 Å². The summed E-state index contributed by atoms with van der Waals surface area (Å²) < 4.78 is 0. The maximum absolute atomic E-state index is 6.48. The molecule has 0 spiro atoms. The second-order valence-corrected chi connectivity index (χ2v) is 7.78. The van der Waals surface area contributed by atoms with E-state index in [-0.39, 0.29) is 6.04 Å². The van der Waals surface area contributed by atoms with Gasteiger partial charge in [-0.05, 0) is 12.8 Å². The zero-order valence-corrected chi connectivity index (χ0v) is 16.0. The van der Waals surface area contributed by atoms with Crippen molar-refractivity contribution < 1.29 is 0 Å². The van der Waals surface area contributed by atoms with Gasteiger partial charge >= 0.3 is 0 Å². The van der Waals surface area contributed by atoms with Crippen LogP contribution in [-0.2, 0) is 0 Å². The number of H-pyrrole nitrogens is 1. The van der Waals surface area contributed by atoms with Gasteiger partial charge in [0.2, 0.25) is 0 Å². The van der Waals surface area contributed by atoms with E-state index in [1.54, 1.807) is 0 Å². The highest BCUT2D eigenvalue weighted by molar-refractivity contribution is 6.30. The van der Waals surface area contributed by atoms with Crippen molar-refractivity contribution in [2.24, 2.45) is 5.73 Å². The molecule has 0 amide bonds. The van der Waals surface area contributed by atoms with Crippen molar-refractivity contribution in [1.29, 1.82) is 0 Å². The van der Waals surface area contributed by atoms with Crippen LogP contribution in [0.2, 0.25) is 5.15 Å². The molecule has 1 unspecified atom stereocenters. The third-order valence-electron chi connectivity index (χ3n) is 5.92. The minimum atomic E-state index is 0.0955. The zero-order valence-electron chi connectivity index (χ0n) is 15.2. The Morgan fingerprint density at radius 1 is 1.12 bits per heavy atom. The summed E-state index contributed by atoms with van der Waals surface area (Å²) in [5.74, 6) is 0.814. The van der Waals surface area contributed by atoms with Crippen molar-refractivity contribution in [2.75, 3.05) is 32.7 Å². The van der Waals surface area contributed by atoms with Crippen LogP contribution in [0.3, 0.4) is 0 Å². The second kappa shape index (κ2) is 8.09. The number of hydrogen-bond donors (Lipinski definition) is 2. The molecular weight excluding hydrogens is 346 g/mol. The number of hydrogen-bond acceptors (Lipinski definition) is 4. The third kappa shape index (κ3) is 3.67. The summed E-state index contributed by atoms with van der Waals surface area (Å²) in [6, 6.07) is 11.0. The van der Waals surface area contributed by atoms with E-state index in [2.05, 4.69) is 19.8 Å². The fourth-order valence-electron chi connectivity index (χ4n) is 4.45. The van der Waals surface area contributed by atoms with Gasteiger partial charge in [-0.1, -0.05) is 54.8 Å². The lowest BCUT2D eigenvalue weighted by atomic mass is 10.1. The van der Waals surface area contributed by atoms with Gasteiger partial charge in [0.1, 0.15) is 5.82 Å². The number of halogens is 1. The largest absolute Gasteiger partial charge is 0.339 e. The first-order chi connectivity index (χ1) is 12.8. The van der Waals surface area contributed by atoms with Crippen LogP contribution in [-0.4, -0.2) is 58.5 Å². The minimum absolute atomic E-state index is 0.0955. The van der Waals surface area contributed by atoms with Crippen molar-refractivity contribution in [1.82, 2.24) is 19.8 Å². The number of aromatic amines is 1. The Kier molecular flexibility index (Phi) is 5.60. The van der Waals surface area contributed by atoms with Crippen LogP contribution in [0.5, 0.6) is 0 Å². The molecule has 0 bridgehead atoms. The van der Waals surface area contributed by atoms with Crippen LogP contribution in [0.25, 0.3) is 11.4 Å². The van der Waals surface area contributed by atoms with Crippen molar-refractivity contribution in [3.8, 4) is 11.4 Å². The molecule has 1 aromatic carbocycles. The number of nitrogens with two attached hydrogens (primary N) is 1. The summed E-state index contributed by atoms with van der Waals surface area (Å²) in [7, 11) is 0. The number of rotatable bonds is 5. The second-order valence-electron chi connectivity index (χ2n) is 7.42. The molecule has 140 valence electrons. The molecule has 1 saturated carbocycles. The quantitative estimate of drug-likeness (QED) is 0.844. The van der Waals surface area contributed by atoms with Gasteiger partial charge in [-0.2, -0.15) is 0 Å². The molecule has 1 aromatic heterocycles. The van der Waals surface area contributed by atoms with E-state index in [1.807, 2.05) is 30.3 Å². The number of benzene rings is 1. The average Bonchev–Trinajstić information content (AvgIpc) is 3.35. The van der Waals surface area contributed by atoms with Crippen LogP contribution in [0.1, 0.15) is 37.4 Å². The Hall–Kier alpha value is -1.40. The first kappa shape index (κ1) is 18.0. The minimum Gasteiger partial charge on any atom is -0.339 e. The average molecular weight is 374 g/mol. The molecular formula is C20H28ClN5. The van der Waals surface area contributed by atoms with Crippen LogP contribution < -0.4 is 5.73 Å². The maximum Gasteiger partial charge on any atom is 0.152 e. The van der Waals surface area contributed by atoms with Crippen molar-refractivity contribution in [3.05, 3.63) is 41.2 Å². The molecule has 0 radical (unpaired) electrons. The van der Waals surface area contributed by atoms with Crippen molar-refractivity contribution in [3.63, 3.8) is 0 Å². The highest BCUT2D eigenvalue weighted by Gasteiger charge is 2.31. The summed E-state index contributed by atoms with van der Waals surface area (Å²) in [4.78, 5) is 13.1. The molecule has 2 aromatic rings. The molecule has 5 nitrogen and oxygen atoms in total. The molecule has 1 saturated heterocycles. The van der Waals surface area contributed by atoms with Gasteiger partial charge in [-0.25, -0.2) is 4.98 Å². The molecule has 26 heavy (non-hydrogen) atoms. The molecule has 1 atom stereocenters. The van der Waals surface area contributed by atoms with E-state index in [0.717, 1.165) is 49.3 Å². The number of piperazine rings is 1. The molecule has 2 fully saturated rings. The fourth-order valence-corrected chi connectivity index (χ4v) is 4.71. The third-order valence-corrected chi connectivity index (χ3v) is 6.21. The van der Waals surface area contributed by atoms with Gasteiger partial charge in [-0.3, -0.25) is 9.80 Å². The first-order valence-corrected chi connectivity index (χ1v) is 10.1. The number of nitrogens with zero attached hydrogens (tertiary/aromatic N) is 3. The maximum atomic E-state index is 6.48. The fraction of sp³-hybridized carbons (Fsp3) is 0.550. The summed E-state index contributed by atoms with van der Waals surface area (Å²) in [6.45, 7) is 4.86. The monoisotopic (exact) mass is 373 g/mol. The van der Waals surface area contributed by atoms with Crippen LogP contribution in [0, 0.1) is 0 Å². The Morgan fingerprint density at radius 2 is 1.81 bits per heavy atom. The predicted octanol–water partition coefficient (Wildman–Crippen LogP) is 3.29. The van der Waals surface area contributed by atoms with E-state index in [9.17, 15) is 0 Å². The van der Waals surface area contributed by atoms with Crippen molar-refractivity contribution in [2.45, 2.75) is 37.8 Å². The van der Waals surface area contributed by atoms with E-state index in [0.29, 0.717) is 11.7 Å². The van der Waals surface area contributed by atoms with Crippen LogP contribution >= 0.6 is 11.6 Å². The first-order valence-electron chi connectivity index (χ1n) is 9.75. The predicted molar refractivity (Wildman–Crippen MR) is 106 cm³/mol. The molecule has 4 rings (SSSR count). The SMILES string of the molecule is NCC(c1[nH]c(-c2ccccc2)nc1Cl)N1CCN(C2CCCC2)CC1. The van der Waals surface area contributed by atoms with Crippen molar-refractivity contribution >= 4 is 11.6 Å². The Morgan fingerprint density at radius 3 is 2.46 bits per heavy atom. The number of imidazole rings is 1. The Balaban J connectivity index is 1.47. The molecule has 1 aliphatic carbocycles. The van der Waals surface area contributed by atoms with Gasteiger partial charge in [-0.15, -0.1) is 0 Å². The van der Waals surface area contributed by atoms with E-state index in [1.165, 1.54) is 25.7 Å². The zero-order chi connectivity index (χ0) is 17.9. The standard InChI is InChI=1S/C20H28ClN5/c21-19-18(23-20(24-19)15-6-2-1-3-7-15)17(14-22)26-12-10-25(11-13-26)16-8-4-5-9-16/h1-3,6-7,16-17H,4-5,8-14,22H2,(H,23,24). The van der Waals surface area contributed by atoms with E-state index >= 15 is 0 Å². The van der Waals surface area contributed by atoms with Gasteiger partial charge in [0.25, 0.3) is 0 Å². The highest BCUT2D eigenvalue weighted by atomic mass is 35.5. The van der Waals surface area contributed by atoms with Gasteiger partial charge in [0.05, 0.1) is 11.7 Å². The Bertz CT molecular complexity index is 702. The van der Waals surface area contributed by atoms with Crippen LogP contribution in [0.15, 0.2) is 30.3 Å². The van der Waals surface area contributed by atoms with E-state index < -0.39 is 0 Å². The van der Waals surface area contributed by atoms with Gasteiger partial charge < -0.3 is 10.7 Å². The summed E-state index contributed by atoms with van der Waals surface area (Å²) in [5.41, 5.74) is 8.14. The molecule has 2 aliphatic rings. The van der Waals surface area contributed by atoms with Gasteiger partial charge in [0.15, 0.2) is 5.15 Å². The highest BCUT2D eigenvalue weighted by Crippen LogP contribution is 2.30. The normalized spacial score (nSPS) is 21.3. The topological polar surface area (TPSA) is 61.2 Å². The molecule has 6 heteroatoms. The summed E-state index contributed by atoms with van der Waals surface area (Å²) in [6.07, 6.45) is 5.52. The number of aromatic nitrogens is 2. The van der Waals surface area contributed by atoms with Gasteiger partial charge in [0, 0.05) is 44.3 Å². The number of nitrogens with one attached hydrogen (secondary N) is 1. The molecule has 1 aliphatic heterocycles. The van der Waals surface area contributed by atoms with E-state index in [4.69, 9.17) is 17.3 Å². The summed E-state index contributed by atoms with van der Waals surface area (Å²) in [5, 5.41) is 0.539. The molecule has 2 heterocycles. The lowest BCUT2D eigenvalue weighted by molar-refractivity contribution is 0.0712. The Labute approximate surface area is 160 Å². The molecule has 3 N–H and O–H groups in total. The smallest absolute Gasteiger partial charge is 0.152 e. The summed E-state index contributed by atoms with van der Waals surface area (Å²) >= 11 is 6.48. The lowest BCUT2D eigenvalue weighted by Gasteiger charge is -2.41.